The van der Waals surface area contributed by atoms with Crippen LogP contribution in [0.5, 0.6) is 11.5 Å². The molecule has 112 valence electrons. The first-order chi connectivity index (χ1) is 9.99. The minimum Gasteiger partial charge on any atom is -0.493 e. The standard InChI is InChI=1S/C17H20BrNO2/c1-10-6-5-7-12(11(10)2)17(19)13-8-15(20-3)16(21-4)9-14(13)18/h5-9,17H,19H2,1-4H3. The van der Waals surface area contributed by atoms with Crippen molar-refractivity contribution in [3.63, 3.8) is 0 Å². The molecule has 0 aliphatic carbocycles. The number of hydrogen-bond donors (Lipinski definition) is 1. The topological polar surface area (TPSA) is 44.5 Å². The molecule has 0 aliphatic rings. The Morgan fingerprint density at radius 3 is 2.24 bits per heavy atom. The summed E-state index contributed by atoms with van der Waals surface area (Å²) in [5.74, 6) is 1.36. The van der Waals surface area contributed by atoms with Crippen LogP contribution in [0.15, 0.2) is 34.8 Å². The average molecular weight is 350 g/mol. The molecule has 4 heteroatoms. The quantitative estimate of drug-likeness (QED) is 0.902. The molecule has 0 bridgehead atoms. The van der Waals surface area contributed by atoms with E-state index in [9.17, 15) is 0 Å². The molecule has 0 heterocycles. The van der Waals surface area contributed by atoms with Crippen LogP contribution < -0.4 is 15.2 Å². The van der Waals surface area contributed by atoms with Crippen LogP contribution in [-0.4, -0.2) is 14.2 Å². The predicted molar refractivity (Wildman–Crippen MR) is 89.2 cm³/mol. The molecule has 0 amide bonds. The molecule has 0 aromatic heterocycles. The fraction of sp³-hybridized carbons (Fsp3) is 0.294. The number of benzene rings is 2. The van der Waals surface area contributed by atoms with Crippen molar-refractivity contribution in [2.24, 2.45) is 5.73 Å². The number of halogens is 1. The highest BCUT2D eigenvalue weighted by molar-refractivity contribution is 9.10. The van der Waals surface area contributed by atoms with E-state index in [1.165, 1.54) is 11.1 Å². The fourth-order valence-electron chi connectivity index (χ4n) is 2.39. The summed E-state index contributed by atoms with van der Waals surface area (Å²) in [6.45, 7) is 4.19. The molecular formula is C17H20BrNO2. The first-order valence-electron chi connectivity index (χ1n) is 6.72. The van der Waals surface area contributed by atoms with Gasteiger partial charge in [-0.1, -0.05) is 34.1 Å². The van der Waals surface area contributed by atoms with Crippen LogP contribution in [-0.2, 0) is 0 Å². The van der Waals surface area contributed by atoms with Crippen molar-refractivity contribution in [3.8, 4) is 11.5 Å². The van der Waals surface area contributed by atoms with Crippen LogP contribution in [0, 0.1) is 13.8 Å². The Bertz CT molecular complexity index is 655. The van der Waals surface area contributed by atoms with Gasteiger partial charge in [0.1, 0.15) is 0 Å². The van der Waals surface area contributed by atoms with Crippen LogP contribution in [0.25, 0.3) is 0 Å². The third-order valence-electron chi connectivity index (χ3n) is 3.82. The Morgan fingerprint density at radius 2 is 1.62 bits per heavy atom. The molecule has 0 fully saturated rings. The van der Waals surface area contributed by atoms with Crippen LogP contribution in [0.2, 0.25) is 0 Å². The molecular weight excluding hydrogens is 330 g/mol. The second kappa shape index (κ2) is 6.50. The summed E-state index contributed by atoms with van der Waals surface area (Å²) in [7, 11) is 3.24. The summed E-state index contributed by atoms with van der Waals surface area (Å²) in [6.07, 6.45) is 0. The van der Waals surface area contributed by atoms with E-state index in [1.807, 2.05) is 18.2 Å². The Hall–Kier alpha value is -1.52. The number of ether oxygens (including phenoxy) is 2. The molecule has 2 N–H and O–H groups in total. The van der Waals surface area contributed by atoms with Gasteiger partial charge >= 0.3 is 0 Å². The maximum absolute atomic E-state index is 6.48. The van der Waals surface area contributed by atoms with Gasteiger partial charge < -0.3 is 15.2 Å². The van der Waals surface area contributed by atoms with E-state index in [2.05, 4.69) is 41.9 Å². The Balaban J connectivity index is 2.53. The Morgan fingerprint density at radius 1 is 1.00 bits per heavy atom. The molecule has 2 aromatic rings. The molecule has 0 radical (unpaired) electrons. The molecule has 0 aliphatic heterocycles. The number of aryl methyl sites for hydroxylation is 1. The second-order valence-electron chi connectivity index (χ2n) is 5.00. The lowest BCUT2D eigenvalue weighted by atomic mass is 9.93. The van der Waals surface area contributed by atoms with E-state index in [1.54, 1.807) is 14.2 Å². The number of methoxy groups -OCH3 is 2. The zero-order valence-electron chi connectivity index (χ0n) is 12.7. The minimum atomic E-state index is -0.223. The zero-order chi connectivity index (χ0) is 15.6. The third kappa shape index (κ3) is 3.06. The van der Waals surface area contributed by atoms with Crippen molar-refractivity contribution >= 4 is 15.9 Å². The summed E-state index contributed by atoms with van der Waals surface area (Å²) >= 11 is 3.58. The van der Waals surface area contributed by atoms with Gasteiger partial charge in [0.15, 0.2) is 11.5 Å². The zero-order valence-corrected chi connectivity index (χ0v) is 14.3. The normalized spacial score (nSPS) is 12.1. The highest BCUT2D eigenvalue weighted by atomic mass is 79.9. The molecule has 0 spiro atoms. The molecule has 1 atom stereocenters. The smallest absolute Gasteiger partial charge is 0.161 e. The van der Waals surface area contributed by atoms with E-state index in [4.69, 9.17) is 15.2 Å². The first-order valence-corrected chi connectivity index (χ1v) is 7.52. The summed E-state index contributed by atoms with van der Waals surface area (Å²) in [4.78, 5) is 0. The van der Waals surface area contributed by atoms with Crippen molar-refractivity contribution in [2.45, 2.75) is 19.9 Å². The second-order valence-corrected chi connectivity index (χ2v) is 5.85. The fourth-order valence-corrected chi connectivity index (χ4v) is 2.96. The molecule has 3 nitrogen and oxygen atoms in total. The lowest BCUT2D eigenvalue weighted by Crippen LogP contribution is -2.14. The molecule has 0 saturated heterocycles. The van der Waals surface area contributed by atoms with Gasteiger partial charge in [0.25, 0.3) is 0 Å². The van der Waals surface area contributed by atoms with Gasteiger partial charge in [-0.2, -0.15) is 0 Å². The lowest BCUT2D eigenvalue weighted by molar-refractivity contribution is 0.354. The SMILES string of the molecule is COc1cc(Br)c(C(N)c2cccc(C)c2C)cc1OC. The predicted octanol–water partition coefficient (Wildman–Crippen LogP) is 4.13. The van der Waals surface area contributed by atoms with E-state index in [0.29, 0.717) is 11.5 Å². The van der Waals surface area contributed by atoms with Gasteiger partial charge in [0, 0.05) is 4.47 Å². The van der Waals surface area contributed by atoms with Gasteiger partial charge in [0.2, 0.25) is 0 Å². The highest BCUT2D eigenvalue weighted by Gasteiger charge is 2.18. The Labute approximate surface area is 134 Å². The average Bonchev–Trinajstić information content (AvgIpc) is 2.49. The van der Waals surface area contributed by atoms with Crippen molar-refractivity contribution in [3.05, 3.63) is 57.1 Å². The van der Waals surface area contributed by atoms with Crippen LogP contribution in [0.3, 0.4) is 0 Å². The lowest BCUT2D eigenvalue weighted by Gasteiger charge is -2.20. The van der Waals surface area contributed by atoms with Gasteiger partial charge in [-0.3, -0.25) is 0 Å². The van der Waals surface area contributed by atoms with Crippen molar-refractivity contribution < 1.29 is 9.47 Å². The maximum Gasteiger partial charge on any atom is 0.161 e. The minimum absolute atomic E-state index is 0.223. The first kappa shape index (κ1) is 15.9. The summed E-state index contributed by atoms with van der Waals surface area (Å²) < 4.78 is 11.6. The van der Waals surface area contributed by atoms with Gasteiger partial charge in [-0.05, 0) is 48.2 Å². The molecule has 2 aromatic carbocycles. The monoisotopic (exact) mass is 349 g/mol. The summed E-state index contributed by atoms with van der Waals surface area (Å²) in [6, 6.07) is 9.78. The van der Waals surface area contributed by atoms with E-state index < -0.39 is 0 Å². The van der Waals surface area contributed by atoms with Crippen molar-refractivity contribution in [1.82, 2.24) is 0 Å². The van der Waals surface area contributed by atoms with Crippen LogP contribution >= 0.6 is 15.9 Å². The van der Waals surface area contributed by atoms with Crippen LogP contribution in [0.4, 0.5) is 0 Å². The molecule has 1 unspecified atom stereocenters. The number of rotatable bonds is 4. The van der Waals surface area contributed by atoms with Gasteiger partial charge in [-0.25, -0.2) is 0 Å². The highest BCUT2D eigenvalue weighted by Crippen LogP contribution is 2.37. The molecule has 21 heavy (non-hydrogen) atoms. The van der Waals surface area contributed by atoms with Crippen molar-refractivity contribution in [1.29, 1.82) is 0 Å². The van der Waals surface area contributed by atoms with E-state index >= 15 is 0 Å². The van der Waals surface area contributed by atoms with Gasteiger partial charge in [0.05, 0.1) is 20.3 Å². The molecule has 0 saturated carbocycles. The Kier molecular flexibility index (Phi) is 4.91. The number of nitrogens with two attached hydrogens (primary N) is 1. The maximum atomic E-state index is 6.48. The summed E-state index contributed by atoms with van der Waals surface area (Å²) in [5.41, 5.74) is 11.0. The van der Waals surface area contributed by atoms with Crippen molar-refractivity contribution in [2.75, 3.05) is 14.2 Å². The van der Waals surface area contributed by atoms with Crippen LogP contribution in [0.1, 0.15) is 28.3 Å². The molecule has 2 rings (SSSR count). The number of hydrogen-bond acceptors (Lipinski definition) is 3. The van der Waals surface area contributed by atoms with E-state index in [0.717, 1.165) is 15.6 Å². The van der Waals surface area contributed by atoms with E-state index in [-0.39, 0.29) is 6.04 Å². The summed E-state index contributed by atoms with van der Waals surface area (Å²) in [5, 5.41) is 0. The third-order valence-corrected chi connectivity index (χ3v) is 4.51. The van der Waals surface area contributed by atoms with Gasteiger partial charge in [-0.15, -0.1) is 0 Å². The largest absolute Gasteiger partial charge is 0.493 e.